The Labute approximate surface area is 124 Å². The number of allylic oxidation sites excluding steroid dienone is 1. The Bertz CT molecular complexity index is 537. The number of carbonyl (C=O) groups excluding carboxylic acids is 1. The first kappa shape index (κ1) is 16.8. The third-order valence-electron chi connectivity index (χ3n) is 2.93. The van der Waals surface area contributed by atoms with E-state index < -0.39 is 17.9 Å². The molecule has 1 aromatic carbocycles. The van der Waals surface area contributed by atoms with Gasteiger partial charge in [0.15, 0.2) is 6.61 Å². The van der Waals surface area contributed by atoms with Crippen LogP contribution in [0.3, 0.4) is 0 Å². The van der Waals surface area contributed by atoms with Crippen molar-refractivity contribution in [3.63, 3.8) is 0 Å². The van der Waals surface area contributed by atoms with Gasteiger partial charge < -0.3 is 15.2 Å². The molecule has 0 aromatic heterocycles. The summed E-state index contributed by atoms with van der Waals surface area (Å²) in [7, 11) is 0. The summed E-state index contributed by atoms with van der Waals surface area (Å²) in [6.07, 6.45) is 3.69. The summed E-state index contributed by atoms with van der Waals surface area (Å²) in [6, 6.07) is 4.72. The highest BCUT2D eigenvalue weighted by Crippen LogP contribution is 2.18. The van der Waals surface area contributed by atoms with Gasteiger partial charge in [-0.1, -0.05) is 29.8 Å². The quantitative estimate of drug-likeness (QED) is 0.755. The normalized spacial score (nSPS) is 12.1. The van der Waals surface area contributed by atoms with E-state index in [4.69, 9.17) is 9.84 Å². The van der Waals surface area contributed by atoms with Gasteiger partial charge in [-0.05, 0) is 38.8 Å². The van der Waals surface area contributed by atoms with E-state index in [1.807, 2.05) is 26.0 Å². The summed E-state index contributed by atoms with van der Waals surface area (Å²) in [5.74, 6) is -0.893. The summed E-state index contributed by atoms with van der Waals surface area (Å²) < 4.78 is 5.42. The Morgan fingerprint density at radius 1 is 1.38 bits per heavy atom. The van der Waals surface area contributed by atoms with Crippen molar-refractivity contribution in [1.29, 1.82) is 0 Å². The topological polar surface area (TPSA) is 75.6 Å². The molecule has 5 nitrogen and oxygen atoms in total. The monoisotopic (exact) mass is 291 g/mol. The van der Waals surface area contributed by atoms with Gasteiger partial charge >= 0.3 is 5.97 Å². The molecule has 1 rings (SSSR count). The summed E-state index contributed by atoms with van der Waals surface area (Å²) in [5, 5.41) is 11.5. The summed E-state index contributed by atoms with van der Waals surface area (Å²) >= 11 is 0. The third-order valence-corrected chi connectivity index (χ3v) is 2.93. The van der Waals surface area contributed by atoms with Gasteiger partial charge in [-0.15, -0.1) is 0 Å². The second kappa shape index (κ2) is 8.09. The van der Waals surface area contributed by atoms with Crippen LogP contribution in [0.15, 0.2) is 30.4 Å². The molecule has 2 N–H and O–H groups in total. The van der Waals surface area contributed by atoms with E-state index in [0.29, 0.717) is 5.75 Å². The van der Waals surface area contributed by atoms with Crippen molar-refractivity contribution in [1.82, 2.24) is 5.32 Å². The molecule has 0 bridgehead atoms. The number of hydrogen-bond acceptors (Lipinski definition) is 3. The van der Waals surface area contributed by atoms with Gasteiger partial charge in [0, 0.05) is 0 Å². The molecular formula is C16H21NO4. The summed E-state index contributed by atoms with van der Waals surface area (Å²) in [4.78, 5) is 22.8. The molecule has 0 aliphatic carbocycles. The van der Waals surface area contributed by atoms with Gasteiger partial charge in [0.05, 0.1) is 0 Å². The van der Waals surface area contributed by atoms with E-state index in [2.05, 4.69) is 5.32 Å². The number of amides is 1. The highest BCUT2D eigenvalue weighted by Gasteiger charge is 2.18. The lowest BCUT2D eigenvalue weighted by Crippen LogP contribution is -2.42. The van der Waals surface area contributed by atoms with Crippen LogP contribution < -0.4 is 10.1 Å². The van der Waals surface area contributed by atoms with Crippen LogP contribution in [0.4, 0.5) is 0 Å². The highest BCUT2D eigenvalue weighted by molar-refractivity contribution is 5.84. The Kier molecular flexibility index (Phi) is 6.46. The second-order valence-electron chi connectivity index (χ2n) is 4.82. The van der Waals surface area contributed by atoms with E-state index in [9.17, 15) is 9.59 Å². The number of carboxylic acid groups (broad SMARTS) is 1. The number of carbonyl (C=O) groups is 2. The molecule has 0 saturated heterocycles. The first-order valence-corrected chi connectivity index (χ1v) is 6.77. The van der Waals surface area contributed by atoms with Crippen molar-refractivity contribution in [3.8, 4) is 5.75 Å². The smallest absolute Gasteiger partial charge is 0.326 e. The Balaban J connectivity index is 2.54. The number of aliphatic carboxylic acids is 1. The SMILES string of the molecule is C/C=C/CC(NC(=O)COc1ccc(C)cc1C)C(=O)O. The van der Waals surface area contributed by atoms with Gasteiger partial charge in [0.1, 0.15) is 11.8 Å². The number of benzene rings is 1. The van der Waals surface area contributed by atoms with E-state index in [1.54, 1.807) is 25.1 Å². The molecular weight excluding hydrogens is 270 g/mol. The fraction of sp³-hybridized carbons (Fsp3) is 0.375. The van der Waals surface area contributed by atoms with Crippen molar-refractivity contribution in [3.05, 3.63) is 41.5 Å². The van der Waals surface area contributed by atoms with Crippen molar-refractivity contribution in [2.45, 2.75) is 33.2 Å². The van der Waals surface area contributed by atoms with E-state index in [-0.39, 0.29) is 13.0 Å². The zero-order valence-electron chi connectivity index (χ0n) is 12.6. The average Bonchev–Trinajstić information content (AvgIpc) is 2.42. The molecule has 0 fully saturated rings. The molecule has 0 aliphatic rings. The minimum Gasteiger partial charge on any atom is -0.484 e. The molecule has 21 heavy (non-hydrogen) atoms. The number of nitrogens with one attached hydrogen (secondary N) is 1. The molecule has 0 saturated carbocycles. The van der Waals surface area contributed by atoms with Gasteiger partial charge in [0.2, 0.25) is 0 Å². The maximum atomic E-state index is 11.7. The zero-order valence-corrected chi connectivity index (χ0v) is 12.6. The van der Waals surface area contributed by atoms with Gasteiger partial charge in [-0.25, -0.2) is 4.79 Å². The zero-order chi connectivity index (χ0) is 15.8. The van der Waals surface area contributed by atoms with Crippen molar-refractivity contribution >= 4 is 11.9 Å². The van der Waals surface area contributed by atoms with Crippen molar-refractivity contribution in [2.75, 3.05) is 6.61 Å². The van der Waals surface area contributed by atoms with E-state index in [1.165, 1.54) is 0 Å². The summed E-state index contributed by atoms with van der Waals surface area (Å²) in [6.45, 7) is 5.46. The predicted octanol–water partition coefficient (Wildman–Crippen LogP) is 2.22. The third kappa shape index (κ3) is 5.69. The Morgan fingerprint density at radius 2 is 2.10 bits per heavy atom. The van der Waals surface area contributed by atoms with Crippen LogP contribution in [-0.2, 0) is 9.59 Å². The lowest BCUT2D eigenvalue weighted by Gasteiger charge is -2.14. The Hall–Kier alpha value is -2.30. The molecule has 1 aromatic rings. The predicted molar refractivity (Wildman–Crippen MR) is 80.4 cm³/mol. The first-order chi connectivity index (χ1) is 9.93. The molecule has 0 aliphatic heterocycles. The van der Waals surface area contributed by atoms with Crippen LogP contribution in [0.1, 0.15) is 24.5 Å². The largest absolute Gasteiger partial charge is 0.484 e. The lowest BCUT2D eigenvalue weighted by atomic mass is 10.1. The average molecular weight is 291 g/mol. The minimum absolute atomic E-state index is 0.205. The number of ether oxygens (including phenoxy) is 1. The molecule has 5 heteroatoms. The number of hydrogen-bond donors (Lipinski definition) is 2. The fourth-order valence-electron chi connectivity index (χ4n) is 1.83. The molecule has 0 spiro atoms. The van der Waals surface area contributed by atoms with Crippen LogP contribution in [-0.4, -0.2) is 29.6 Å². The van der Waals surface area contributed by atoms with Crippen LogP contribution >= 0.6 is 0 Å². The lowest BCUT2D eigenvalue weighted by molar-refractivity contribution is -0.142. The first-order valence-electron chi connectivity index (χ1n) is 6.77. The standard InChI is InChI=1S/C16H21NO4/c1-4-5-6-13(16(19)20)17-15(18)10-21-14-8-7-11(2)9-12(14)3/h4-5,7-9,13H,6,10H2,1-3H3,(H,17,18)(H,19,20)/b5-4+. The maximum Gasteiger partial charge on any atom is 0.326 e. The van der Waals surface area contributed by atoms with Gasteiger partial charge in [-0.2, -0.15) is 0 Å². The fourth-order valence-corrected chi connectivity index (χ4v) is 1.83. The van der Waals surface area contributed by atoms with Gasteiger partial charge in [-0.3, -0.25) is 4.79 Å². The Morgan fingerprint density at radius 3 is 2.67 bits per heavy atom. The van der Waals surface area contributed by atoms with E-state index in [0.717, 1.165) is 11.1 Å². The van der Waals surface area contributed by atoms with Crippen molar-refractivity contribution < 1.29 is 19.4 Å². The molecule has 114 valence electrons. The number of rotatable bonds is 7. The van der Waals surface area contributed by atoms with Crippen LogP contribution in [0.2, 0.25) is 0 Å². The molecule has 1 unspecified atom stereocenters. The van der Waals surface area contributed by atoms with Crippen LogP contribution in [0.5, 0.6) is 5.75 Å². The maximum absolute atomic E-state index is 11.7. The van der Waals surface area contributed by atoms with E-state index >= 15 is 0 Å². The second-order valence-corrected chi connectivity index (χ2v) is 4.82. The molecule has 1 amide bonds. The minimum atomic E-state index is -1.06. The van der Waals surface area contributed by atoms with Crippen LogP contribution in [0.25, 0.3) is 0 Å². The number of carboxylic acids is 1. The molecule has 0 radical (unpaired) electrons. The van der Waals surface area contributed by atoms with Crippen LogP contribution in [0, 0.1) is 13.8 Å². The van der Waals surface area contributed by atoms with Gasteiger partial charge in [0.25, 0.3) is 5.91 Å². The summed E-state index contributed by atoms with van der Waals surface area (Å²) in [5.41, 5.74) is 2.05. The number of aryl methyl sites for hydroxylation is 2. The molecule has 1 atom stereocenters. The molecule has 0 heterocycles. The van der Waals surface area contributed by atoms with Crippen molar-refractivity contribution in [2.24, 2.45) is 0 Å². The highest BCUT2D eigenvalue weighted by atomic mass is 16.5.